The molecule has 3 N–H and O–H groups in total. The van der Waals surface area contributed by atoms with Crippen molar-refractivity contribution in [3.8, 4) is 0 Å². The Morgan fingerprint density at radius 1 is 0.861 bits per heavy atom. The van der Waals surface area contributed by atoms with Crippen molar-refractivity contribution in [2.75, 3.05) is 19.7 Å². The van der Waals surface area contributed by atoms with E-state index in [2.05, 4.69) is 29.8 Å². The molecular formula is C27H61N3O6. The molecule has 0 fully saturated rings. The zero-order valence-corrected chi connectivity index (χ0v) is 24.7. The number of carbonyl (C=O) groups is 4. The van der Waals surface area contributed by atoms with E-state index in [-0.39, 0.29) is 35.0 Å². The van der Waals surface area contributed by atoms with Gasteiger partial charge in [0.1, 0.15) is 18.2 Å². The minimum atomic E-state index is -0.722. The van der Waals surface area contributed by atoms with E-state index in [1.165, 1.54) is 19.3 Å². The first kappa shape index (κ1) is 38.2. The number of carbonyl (C=O) groups excluding carboxylic acids is 4. The Morgan fingerprint density at radius 2 is 1.42 bits per heavy atom. The average molecular weight is 524 g/mol. The van der Waals surface area contributed by atoms with Crippen molar-refractivity contribution < 1.29 is 32.9 Å². The zero-order valence-electron chi connectivity index (χ0n) is 24.7. The summed E-state index contributed by atoms with van der Waals surface area (Å²) in [6, 6.07) is -0.722. The van der Waals surface area contributed by atoms with E-state index in [0.717, 1.165) is 0 Å². The molecule has 0 radical (unpaired) electrons. The summed E-state index contributed by atoms with van der Waals surface area (Å²) in [5.41, 5.74) is -0.665. The molecule has 0 aliphatic carbocycles. The van der Waals surface area contributed by atoms with Gasteiger partial charge in [-0.05, 0) is 40.0 Å². The molecule has 0 saturated carbocycles. The Labute approximate surface area is 224 Å². The molecule has 0 heterocycles. The molecule has 3 amide bonds. The summed E-state index contributed by atoms with van der Waals surface area (Å²) in [5, 5.41) is 7.83. The molecule has 0 saturated heterocycles. The van der Waals surface area contributed by atoms with Crippen LogP contribution in [0.4, 0.5) is 4.79 Å². The normalized spacial score (nSPS) is 11.1. The standard InChI is InChI=1S/C20H37N3O6.C5H12.C2H6.3H2/c1-7-14(8-2)17(18(26)21-12-10-11-16(25)28-9-3)23-15(24)13-22-19(27)29-20(4,5)6;1-3-5-4-2;1-2;;;/h14,17H,7-13H2,1-6H3,(H,21,26)(H,22,27)(H,23,24);3-5H2,1-2H3;1-2H3;3*1H/t17-;;;;;/m0...../s1. The Kier molecular flexibility index (Phi) is 25.9. The second-order valence-corrected chi connectivity index (χ2v) is 9.03. The Balaban J connectivity index is -0.000000243. The van der Waals surface area contributed by atoms with E-state index in [0.29, 0.717) is 32.4 Å². The molecule has 0 aromatic heterocycles. The van der Waals surface area contributed by atoms with Crippen LogP contribution in [0.3, 0.4) is 0 Å². The summed E-state index contributed by atoms with van der Waals surface area (Å²) in [5.74, 6) is -1.15. The Morgan fingerprint density at radius 3 is 1.83 bits per heavy atom. The number of hydrogen-bond acceptors (Lipinski definition) is 6. The number of rotatable bonds is 14. The third-order valence-corrected chi connectivity index (χ3v) is 4.78. The van der Waals surface area contributed by atoms with E-state index in [1.807, 2.05) is 27.7 Å². The van der Waals surface area contributed by atoms with Crippen LogP contribution in [-0.4, -0.2) is 55.2 Å². The molecule has 1 atom stereocenters. The lowest BCUT2D eigenvalue weighted by atomic mass is 9.93. The molecule has 0 unspecified atom stereocenters. The number of unbranched alkanes of at least 4 members (excludes halogenated alkanes) is 2. The van der Waals surface area contributed by atoms with Crippen molar-refractivity contribution >= 4 is 23.9 Å². The molecule has 9 nitrogen and oxygen atoms in total. The minimum absolute atomic E-state index is 0. The molecule has 0 aliphatic rings. The van der Waals surface area contributed by atoms with Gasteiger partial charge in [0.2, 0.25) is 11.8 Å². The van der Waals surface area contributed by atoms with Gasteiger partial charge in [0.05, 0.1) is 6.61 Å². The van der Waals surface area contributed by atoms with Crippen molar-refractivity contribution in [2.45, 2.75) is 126 Å². The van der Waals surface area contributed by atoms with Crippen LogP contribution in [0.25, 0.3) is 0 Å². The SMILES string of the molecule is CC.CCCCC.CCOC(=O)CCCNC(=O)[C@@H](NC(=O)CNC(=O)OC(C)(C)C)C(CC)CC.[HH].[HH].[HH]. The fourth-order valence-corrected chi connectivity index (χ4v) is 2.99. The smallest absolute Gasteiger partial charge is 0.408 e. The summed E-state index contributed by atoms with van der Waals surface area (Å²) in [7, 11) is 0. The van der Waals surface area contributed by atoms with E-state index in [1.54, 1.807) is 27.7 Å². The number of ether oxygens (including phenoxy) is 2. The van der Waals surface area contributed by atoms with Gasteiger partial charge in [0.25, 0.3) is 0 Å². The van der Waals surface area contributed by atoms with Gasteiger partial charge in [-0.2, -0.15) is 0 Å². The summed E-state index contributed by atoms with van der Waals surface area (Å²) >= 11 is 0. The molecule has 0 spiro atoms. The lowest BCUT2D eigenvalue weighted by Gasteiger charge is -2.26. The Hall–Kier alpha value is -2.32. The molecule has 0 bridgehead atoms. The summed E-state index contributed by atoms with van der Waals surface area (Å²) in [6.45, 7) is 19.6. The number of esters is 1. The predicted molar refractivity (Wildman–Crippen MR) is 152 cm³/mol. The van der Waals surface area contributed by atoms with Crippen LogP contribution >= 0.6 is 0 Å². The van der Waals surface area contributed by atoms with Crippen molar-refractivity contribution in [1.82, 2.24) is 16.0 Å². The molecule has 0 aromatic carbocycles. The van der Waals surface area contributed by atoms with E-state index in [9.17, 15) is 19.2 Å². The monoisotopic (exact) mass is 523 g/mol. The van der Waals surface area contributed by atoms with Gasteiger partial charge < -0.3 is 25.4 Å². The molecular weight excluding hydrogens is 462 g/mol. The minimum Gasteiger partial charge on any atom is -0.466 e. The first-order valence-electron chi connectivity index (χ1n) is 13.6. The lowest BCUT2D eigenvalue weighted by Crippen LogP contribution is -2.53. The maximum absolute atomic E-state index is 12.6. The van der Waals surface area contributed by atoms with Crippen LogP contribution in [0.15, 0.2) is 0 Å². The van der Waals surface area contributed by atoms with E-state index < -0.39 is 23.6 Å². The van der Waals surface area contributed by atoms with E-state index in [4.69, 9.17) is 9.47 Å². The molecule has 0 aliphatic heterocycles. The quantitative estimate of drug-likeness (QED) is 0.194. The summed E-state index contributed by atoms with van der Waals surface area (Å²) in [4.78, 5) is 47.8. The molecule has 9 heteroatoms. The average Bonchev–Trinajstić information content (AvgIpc) is 2.82. The highest BCUT2D eigenvalue weighted by Gasteiger charge is 2.27. The molecule has 0 aromatic rings. The second-order valence-electron chi connectivity index (χ2n) is 9.03. The topological polar surface area (TPSA) is 123 Å². The van der Waals surface area contributed by atoms with Gasteiger partial charge in [-0.25, -0.2) is 4.79 Å². The lowest BCUT2D eigenvalue weighted by molar-refractivity contribution is -0.143. The third kappa shape index (κ3) is 23.4. The van der Waals surface area contributed by atoms with Crippen molar-refractivity contribution in [3.05, 3.63) is 0 Å². The van der Waals surface area contributed by atoms with Crippen LogP contribution in [-0.2, 0) is 23.9 Å². The summed E-state index contributed by atoms with van der Waals surface area (Å²) < 4.78 is 9.93. The predicted octanol–water partition coefficient (Wildman–Crippen LogP) is 5.85. The summed E-state index contributed by atoms with van der Waals surface area (Å²) in [6.07, 6.45) is 5.46. The van der Waals surface area contributed by atoms with Crippen LogP contribution < -0.4 is 16.0 Å². The Bertz CT molecular complexity index is 600. The van der Waals surface area contributed by atoms with Gasteiger partial charge in [0, 0.05) is 17.2 Å². The van der Waals surface area contributed by atoms with Crippen LogP contribution in [0, 0.1) is 5.92 Å². The molecule has 220 valence electrons. The van der Waals surface area contributed by atoms with Crippen molar-refractivity contribution in [2.24, 2.45) is 5.92 Å². The van der Waals surface area contributed by atoms with Gasteiger partial charge in [0.15, 0.2) is 0 Å². The molecule has 0 rings (SSSR count). The van der Waals surface area contributed by atoms with Crippen LogP contribution in [0.5, 0.6) is 0 Å². The highest BCUT2D eigenvalue weighted by molar-refractivity contribution is 5.89. The number of amides is 3. The zero-order chi connectivity index (χ0) is 28.6. The van der Waals surface area contributed by atoms with Crippen LogP contribution in [0.2, 0.25) is 0 Å². The van der Waals surface area contributed by atoms with Gasteiger partial charge in [-0.1, -0.05) is 73.6 Å². The van der Waals surface area contributed by atoms with Crippen molar-refractivity contribution in [1.29, 1.82) is 0 Å². The van der Waals surface area contributed by atoms with Gasteiger partial charge in [-0.3, -0.25) is 14.4 Å². The van der Waals surface area contributed by atoms with Crippen LogP contribution in [0.1, 0.15) is 118 Å². The second kappa shape index (κ2) is 24.4. The van der Waals surface area contributed by atoms with Crippen molar-refractivity contribution in [3.63, 3.8) is 0 Å². The third-order valence-electron chi connectivity index (χ3n) is 4.78. The number of alkyl carbamates (subject to hydrolysis) is 1. The first-order chi connectivity index (χ1) is 16.9. The van der Waals surface area contributed by atoms with Gasteiger partial charge in [-0.15, -0.1) is 0 Å². The fraction of sp³-hybridized carbons (Fsp3) is 0.852. The maximum atomic E-state index is 12.6. The highest BCUT2D eigenvalue weighted by Crippen LogP contribution is 2.13. The van der Waals surface area contributed by atoms with E-state index >= 15 is 0 Å². The number of hydrogen-bond donors (Lipinski definition) is 3. The first-order valence-corrected chi connectivity index (χ1v) is 13.6. The highest BCUT2D eigenvalue weighted by atomic mass is 16.6. The molecule has 36 heavy (non-hydrogen) atoms. The fourth-order valence-electron chi connectivity index (χ4n) is 2.99. The maximum Gasteiger partial charge on any atom is 0.408 e. The van der Waals surface area contributed by atoms with Gasteiger partial charge >= 0.3 is 12.1 Å². The number of nitrogens with one attached hydrogen (secondary N) is 3. The largest absolute Gasteiger partial charge is 0.466 e.